The number of anilines is 1. The van der Waals surface area contributed by atoms with Gasteiger partial charge in [-0.3, -0.25) is 4.79 Å². The molecule has 0 aliphatic carbocycles. The maximum absolute atomic E-state index is 11.9. The van der Waals surface area contributed by atoms with Gasteiger partial charge in [-0.05, 0) is 68.0 Å². The van der Waals surface area contributed by atoms with E-state index in [-0.39, 0.29) is 5.91 Å². The molecule has 7 nitrogen and oxygen atoms in total. The van der Waals surface area contributed by atoms with Gasteiger partial charge in [0.25, 0.3) is 0 Å². The van der Waals surface area contributed by atoms with Gasteiger partial charge in [-0.1, -0.05) is 6.07 Å². The molecule has 2 heterocycles. The first-order valence-corrected chi connectivity index (χ1v) is 8.42. The second kappa shape index (κ2) is 8.11. The van der Waals surface area contributed by atoms with E-state index < -0.39 is 11.9 Å². The lowest BCUT2D eigenvalue weighted by atomic mass is 9.89. The van der Waals surface area contributed by atoms with E-state index in [0.717, 1.165) is 45.3 Å². The number of carboxylic acids is 2. The Bertz CT molecular complexity index is 687. The van der Waals surface area contributed by atoms with Crippen LogP contribution in [0.1, 0.15) is 35.6 Å². The van der Waals surface area contributed by atoms with E-state index >= 15 is 0 Å². The number of carbonyl (C=O) groups is 3. The molecule has 1 aromatic carbocycles. The molecule has 0 unspecified atom stereocenters. The second-order valence-electron chi connectivity index (χ2n) is 6.28. The van der Waals surface area contributed by atoms with Gasteiger partial charge < -0.3 is 20.4 Å². The quantitative estimate of drug-likeness (QED) is 0.607. The summed E-state index contributed by atoms with van der Waals surface area (Å²) in [7, 11) is 0. The van der Waals surface area contributed by atoms with Crippen LogP contribution in [0.25, 0.3) is 0 Å². The Morgan fingerprint density at radius 1 is 1.04 bits per heavy atom. The number of hydrogen-bond acceptors (Lipinski definition) is 4. The van der Waals surface area contributed by atoms with Gasteiger partial charge in [0, 0.05) is 19.2 Å². The fraction of sp³-hybridized carbons (Fsp3) is 0.500. The summed E-state index contributed by atoms with van der Waals surface area (Å²) in [6, 6.07) is 2.36. The SMILES string of the molecule is CC(=O)N1CCCc2cc3c(c(C)c21)CCNCC3.O=C(O)C(=O)O. The number of nitrogens with zero attached hydrogens (tertiary/aromatic N) is 1. The van der Waals surface area contributed by atoms with Crippen LogP contribution in [-0.4, -0.2) is 47.7 Å². The number of benzene rings is 1. The van der Waals surface area contributed by atoms with Crippen molar-refractivity contribution in [1.29, 1.82) is 0 Å². The molecular weight excluding hydrogens is 324 g/mol. The number of hydrogen-bond donors (Lipinski definition) is 3. The lowest BCUT2D eigenvalue weighted by Gasteiger charge is -2.32. The normalized spacial score (nSPS) is 15.8. The Kier molecular flexibility index (Phi) is 6.14. The van der Waals surface area contributed by atoms with Gasteiger partial charge in [0.2, 0.25) is 5.91 Å². The van der Waals surface area contributed by atoms with Crippen molar-refractivity contribution in [1.82, 2.24) is 5.32 Å². The van der Waals surface area contributed by atoms with Crippen molar-refractivity contribution in [2.24, 2.45) is 0 Å². The number of nitrogens with one attached hydrogen (secondary N) is 1. The number of rotatable bonds is 0. The maximum Gasteiger partial charge on any atom is 0.414 e. The summed E-state index contributed by atoms with van der Waals surface area (Å²) >= 11 is 0. The highest BCUT2D eigenvalue weighted by atomic mass is 16.4. The molecular formula is C18H24N2O5. The number of amides is 1. The zero-order chi connectivity index (χ0) is 18.6. The molecule has 1 aromatic rings. The highest BCUT2D eigenvalue weighted by Crippen LogP contribution is 2.35. The van der Waals surface area contributed by atoms with Gasteiger partial charge in [0.05, 0.1) is 0 Å². The van der Waals surface area contributed by atoms with E-state index in [1.807, 2.05) is 4.90 Å². The van der Waals surface area contributed by atoms with Gasteiger partial charge >= 0.3 is 11.9 Å². The number of aryl methyl sites for hydroxylation is 1. The molecule has 0 bridgehead atoms. The zero-order valence-corrected chi connectivity index (χ0v) is 14.6. The monoisotopic (exact) mass is 348 g/mol. The van der Waals surface area contributed by atoms with E-state index in [9.17, 15) is 4.79 Å². The molecule has 0 atom stereocenters. The van der Waals surface area contributed by atoms with Crippen LogP contribution in [0.15, 0.2) is 6.07 Å². The third-order valence-corrected chi connectivity index (χ3v) is 4.63. The molecule has 25 heavy (non-hydrogen) atoms. The van der Waals surface area contributed by atoms with Crippen LogP contribution in [0, 0.1) is 6.92 Å². The first kappa shape index (κ1) is 18.9. The molecule has 3 N–H and O–H groups in total. The molecule has 3 rings (SSSR count). The molecule has 0 radical (unpaired) electrons. The third-order valence-electron chi connectivity index (χ3n) is 4.63. The highest BCUT2D eigenvalue weighted by molar-refractivity contribution is 6.27. The van der Waals surface area contributed by atoms with Crippen molar-refractivity contribution in [2.45, 2.75) is 39.5 Å². The van der Waals surface area contributed by atoms with Gasteiger partial charge in [0.1, 0.15) is 0 Å². The Labute approximate surface area is 146 Å². The summed E-state index contributed by atoms with van der Waals surface area (Å²) in [6.45, 7) is 6.88. The summed E-state index contributed by atoms with van der Waals surface area (Å²) in [6.07, 6.45) is 4.40. The fourth-order valence-electron chi connectivity index (χ4n) is 3.54. The van der Waals surface area contributed by atoms with Crippen LogP contribution in [0.3, 0.4) is 0 Å². The number of carboxylic acid groups (broad SMARTS) is 2. The maximum atomic E-state index is 11.9. The van der Waals surface area contributed by atoms with Crippen LogP contribution in [0.5, 0.6) is 0 Å². The minimum atomic E-state index is -1.82. The standard InChI is InChI=1S/C16H22N2O.C2H2O4/c1-11-15-6-8-17-7-5-13(15)10-14-4-3-9-18(12(2)19)16(11)14;3-1(4)2(5)6/h10,17H,3-9H2,1-2H3;(H,3,4)(H,5,6). The Balaban J connectivity index is 0.000000326. The summed E-state index contributed by atoms with van der Waals surface area (Å²) in [5.74, 6) is -3.47. The van der Waals surface area contributed by atoms with Crippen molar-refractivity contribution in [3.05, 3.63) is 28.3 Å². The summed E-state index contributed by atoms with van der Waals surface area (Å²) in [5, 5.41) is 18.2. The predicted molar refractivity (Wildman–Crippen MR) is 93.1 cm³/mol. The fourth-order valence-corrected chi connectivity index (χ4v) is 3.54. The van der Waals surface area contributed by atoms with Crippen LogP contribution in [-0.2, 0) is 33.6 Å². The van der Waals surface area contributed by atoms with Gasteiger partial charge in [-0.15, -0.1) is 0 Å². The van der Waals surface area contributed by atoms with E-state index in [1.165, 1.54) is 27.9 Å². The molecule has 0 saturated carbocycles. The van der Waals surface area contributed by atoms with Crippen molar-refractivity contribution < 1.29 is 24.6 Å². The lowest BCUT2D eigenvalue weighted by Crippen LogP contribution is -2.34. The van der Waals surface area contributed by atoms with Crippen molar-refractivity contribution in [2.75, 3.05) is 24.5 Å². The summed E-state index contributed by atoms with van der Waals surface area (Å²) in [5.41, 5.74) is 6.88. The van der Waals surface area contributed by atoms with E-state index in [4.69, 9.17) is 19.8 Å². The molecule has 0 spiro atoms. The van der Waals surface area contributed by atoms with Crippen LogP contribution in [0.4, 0.5) is 5.69 Å². The molecule has 136 valence electrons. The van der Waals surface area contributed by atoms with Crippen molar-refractivity contribution >= 4 is 23.5 Å². The van der Waals surface area contributed by atoms with Crippen molar-refractivity contribution in [3.8, 4) is 0 Å². The van der Waals surface area contributed by atoms with E-state index in [0.29, 0.717) is 0 Å². The van der Waals surface area contributed by atoms with E-state index in [2.05, 4.69) is 18.3 Å². The second-order valence-corrected chi connectivity index (χ2v) is 6.28. The number of aliphatic carboxylic acids is 2. The first-order valence-electron chi connectivity index (χ1n) is 8.42. The average molecular weight is 348 g/mol. The minimum absolute atomic E-state index is 0.177. The molecule has 2 aliphatic rings. The molecule has 2 aliphatic heterocycles. The van der Waals surface area contributed by atoms with Gasteiger partial charge in [-0.2, -0.15) is 0 Å². The summed E-state index contributed by atoms with van der Waals surface area (Å²) in [4.78, 5) is 32.0. The topological polar surface area (TPSA) is 107 Å². The van der Waals surface area contributed by atoms with Crippen LogP contribution < -0.4 is 10.2 Å². The highest BCUT2D eigenvalue weighted by Gasteiger charge is 2.25. The molecule has 7 heteroatoms. The molecule has 1 amide bonds. The Morgan fingerprint density at radius 3 is 2.28 bits per heavy atom. The Hall–Kier alpha value is -2.41. The predicted octanol–water partition coefficient (Wildman–Crippen LogP) is 1.14. The average Bonchev–Trinajstić information content (AvgIpc) is 2.80. The largest absolute Gasteiger partial charge is 0.473 e. The number of carbonyl (C=O) groups excluding carboxylic acids is 1. The first-order chi connectivity index (χ1) is 11.8. The van der Waals surface area contributed by atoms with Crippen molar-refractivity contribution in [3.63, 3.8) is 0 Å². The lowest BCUT2D eigenvalue weighted by molar-refractivity contribution is -0.159. The van der Waals surface area contributed by atoms with E-state index in [1.54, 1.807) is 6.92 Å². The van der Waals surface area contributed by atoms with Crippen LogP contribution >= 0.6 is 0 Å². The molecule has 0 saturated heterocycles. The molecule has 0 aromatic heterocycles. The smallest absolute Gasteiger partial charge is 0.414 e. The number of fused-ring (bicyclic) bond motifs is 2. The zero-order valence-electron chi connectivity index (χ0n) is 14.6. The van der Waals surface area contributed by atoms with Gasteiger partial charge in [0.15, 0.2) is 0 Å². The Morgan fingerprint density at radius 2 is 1.68 bits per heavy atom. The van der Waals surface area contributed by atoms with Gasteiger partial charge in [-0.25, -0.2) is 9.59 Å². The van der Waals surface area contributed by atoms with Crippen LogP contribution in [0.2, 0.25) is 0 Å². The minimum Gasteiger partial charge on any atom is -0.473 e. The summed E-state index contributed by atoms with van der Waals surface area (Å²) < 4.78 is 0. The third kappa shape index (κ3) is 4.36. The molecule has 0 fully saturated rings.